The SMILES string of the molecule is O=C(Oc1ccc2ccccc2c1Br)c1ccc(OCCc2ccccc2)cc1. The zero-order valence-electron chi connectivity index (χ0n) is 15.7. The maximum absolute atomic E-state index is 12.5. The summed E-state index contributed by atoms with van der Waals surface area (Å²) in [6, 6.07) is 28.9. The Kier molecular flexibility index (Phi) is 5.92. The summed E-state index contributed by atoms with van der Waals surface area (Å²) in [6.07, 6.45) is 0.834. The normalized spacial score (nSPS) is 10.7. The number of carbonyl (C=O) groups excluding carboxylic acids is 1. The van der Waals surface area contributed by atoms with Gasteiger partial charge in [-0.1, -0.05) is 60.7 Å². The molecule has 0 fully saturated rings. The van der Waals surface area contributed by atoms with Crippen molar-refractivity contribution in [1.82, 2.24) is 0 Å². The maximum atomic E-state index is 12.5. The third kappa shape index (κ3) is 4.66. The highest BCUT2D eigenvalue weighted by molar-refractivity contribution is 9.10. The number of rotatable bonds is 6. The van der Waals surface area contributed by atoms with Crippen LogP contribution in [-0.4, -0.2) is 12.6 Å². The van der Waals surface area contributed by atoms with Gasteiger partial charge in [0, 0.05) is 6.42 Å². The Labute approximate surface area is 178 Å². The second-order valence-corrected chi connectivity index (χ2v) is 7.39. The summed E-state index contributed by atoms with van der Waals surface area (Å²) < 4.78 is 12.1. The Morgan fingerprint density at radius 3 is 2.31 bits per heavy atom. The van der Waals surface area contributed by atoms with Crippen LogP contribution in [0.15, 0.2) is 95.5 Å². The van der Waals surface area contributed by atoms with Crippen LogP contribution in [-0.2, 0) is 6.42 Å². The molecule has 0 spiro atoms. The van der Waals surface area contributed by atoms with E-state index in [9.17, 15) is 4.79 Å². The number of hydrogen-bond acceptors (Lipinski definition) is 3. The molecule has 0 bridgehead atoms. The van der Waals surface area contributed by atoms with E-state index in [4.69, 9.17) is 9.47 Å². The first kappa shape index (κ1) is 19.2. The first-order chi connectivity index (χ1) is 14.2. The van der Waals surface area contributed by atoms with Gasteiger partial charge in [0.05, 0.1) is 16.6 Å². The van der Waals surface area contributed by atoms with Crippen molar-refractivity contribution in [1.29, 1.82) is 0 Å². The van der Waals surface area contributed by atoms with Crippen molar-refractivity contribution in [3.05, 3.63) is 107 Å². The summed E-state index contributed by atoms with van der Waals surface area (Å²) in [5, 5.41) is 2.08. The fraction of sp³-hybridized carbons (Fsp3) is 0.0800. The summed E-state index contributed by atoms with van der Waals surface area (Å²) in [7, 11) is 0. The van der Waals surface area contributed by atoms with E-state index < -0.39 is 5.97 Å². The highest BCUT2D eigenvalue weighted by Crippen LogP contribution is 2.33. The predicted octanol–water partition coefficient (Wildman–Crippen LogP) is 6.44. The van der Waals surface area contributed by atoms with E-state index in [2.05, 4.69) is 28.1 Å². The number of hydrogen-bond donors (Lipinski definition) is 0. The third-order valence-electron chi connectivity index (χ3n) is 4.62. The monoisotopic (exact) mass is 446 g/mol. The van der Waals surface area contributed by atoms with Crippen LogP contribution in [0.2, 0.25) is 0 Å². The predicted molar refractivity (Wildman–Crippen MR) is 119 cm³/mol. The summed E-state index contributed by atoms with van der Waals surface area (Å²) in [6.45, 7) is 0.581. The van der Waals surface area contributed by atoms with Gasteiger partial charge in [0.25, 0.3) is 0 Å². The van der Waals surface area contributed by atoms with Crippen LogP contribution in [0.1, 0.15) is 15.9 Å². The van der Waals surface area contributed by atoms with E-state index in [1.807, 2.05) is 48.5 Å². The molecule has 4 aromatic carbocycles. The van der Waals surface area contributed by atoms with Crippen molar-refractivity contribution >= 4 is 32.7 Å². The van der Waals surface area contributed by atoms with Gasteiger partial charge in [-0.15, -0.1) is 0 Å². The van der Waals surface area contributed by atoms with Crippen LogP contribution in [0, 0.1) is 0 Å². The standard InChI is InChI=1S/C25H19BrO3/c26-24-22-9-5-4-8-19(22)12-15-23(24)29-25(27)20-10-13-21(14-11-20)28-17-16-18-6-2-1-3-7-18/h1-15H,16-17H2. The average Bonchev–Trinajstić information content (AvgIpc) is 2.77. The Bertz CT molecular complexity index is 1120. The third-order valence-corrected chi connectivity index (χ3v) is 5.44. The minimum atomic E-state index is -0.406. The number of fused-ring (bicyclic) bond motifs is 1. The minimum Gasteiger partial charge on any atom is -0.493 e. The van der Waals surface area contributed by atoms with E-state index in [1.54, 1.807) is 30.3 Å². The average molecular weight is 447 g/mol. The molecule has 0 amide bonds. The number of benzene rings is 4. The number of esters is 1. The Morgan fingerprint density at radius 1 is 0.793 bits per heavy atom. The molecule has 3 nitrogen and oxygen atoms in total. The molecule has 0 aliphatic rings. The van der Waals surface area contributed by atoms with Crippen molar-refractivity contribution in [3.8, 4) is 11.5 Å². The van der Waals surface area contributed by atoms with Gasteiger partial charge in [0.15, 0.2) is 0 Å². The Morgan fingerprint density at radius 2 is 1.52 bits per heavy atom. The summed E-state index contributed by atoms with van der Waals surface area (Å²) in [4.78, 5) is 12.5. The molecule has 0 aliphatic heterocycles. The summed E-state index contributed by atoms with van der Waals surface area (Å²) in [5.41, 5.74) is 1.70. The second-order valence-electron chi connectivity index (χ2n) is 6.60. The number of carbonyl (C=O) groups is 1. The molecule has 4 aromatic rings. The van der Waals surface area contributed by atoms with Gasteiger partial charge >= 0.3 is 5.97 Å². The van der Waals surface area contributed by atoms with Gasteiger partial charge in [0.1, 0.15) is 11.5 Å². The fourth-order valence-corrected chi connectivity index (χ4v) is 3.64. The first-order valence-corrected chi connectivity index (χ1v) is 10.2. The van der Waals surface area contributed by atoms with Gasteiger partial charge in [-0.3, -0.25) is 0 Å². The second kappa shape index (κ2) is 8.93. The molecular formula is C25H19BrO3. The Hall–Kier alpha value is -3.11. The van der Waals surface area contributed by atoms with E-state index in [0.717, 1.165) is 27.4 Å². The van der Waals surface area contributed by atoms with Crippen molar-refractivity contribution < 1.29 is 14.3 Å². The number of ether oxygens (including phenoxy) is 2. The molecule has 0 unspecified atom stereocenters. The molecule has 0 atom stereocenters. The largest absolute Gasteiger partial charge is 0.493 e. The smallest absolute Gasteiger partial charge is 0.343 e. The summed E-state index contributed by atoms with van der Waals surface area (Å²) >= 11 is 3.54. The molecule has 0 saturated heterocycles. The van der Waals surface area contributed by atoms with Gasteiger partial charge in [-0.05, 0) is 62.6 Å². The molecule has 0 saturated carbocycles. The molecule has 0 radical (unpaired) electrons. The maximum Gasteiger partial charge on any atom is 0.343 e. The molecule has 4 rings (SSSR count). The lowest BCUT2D eigenvalue weighted by Gasteiger charge is -2.10. The molecule has 0 heterocycles. The van der Waals surface area contributed by atoms with Gasteiger partial charge in [-0.25, -0.2) is 4.79 Å². The lowest BCUT2D eigenvalue weighted by atomic mass is 10.1. The fourth-order valence-electron chi connectivity index (χ4n) is 3.07. The molecule has 29 heavy (non-hydrogen) atoms. The molecule has 4 heteroatoms. The van der Waals surface area contributed by atoms with Gasteiger partial charge < -0.3 is 9.47 Å². The van der Waals surface area contributed by atoms with Crippen LogP contribution >= 0.6 is 15.9 Å². The lowest BCUT2D eigenvalue weighted by Crippen LogP contribution is -2.09. The minimum absolute atomic E-state index is 0.406. The van der Waals surface area contributed by atoms with Crippen LogP contribution in [0.3, 0.4) is 0 Å². The van der Waals surface area contributed by atoms with Crippen LogP contribution in [0.5, 0.6) is 11.5 Å². The molecule has 0 aliphatic carbocycles. The first-order valence-electron chi connectivity index (χ1n) is 9.37. The highest BCUT2D eigenvalue weighted by Gasteiger charge is 2.13. The van der Waals surface area contributed by atoms with Crippen molar-refractivity contribution in [2.75, 3.05) is 6.61 Å². The highest BCUT2D eigenvalue weighted by atomic mass is 79.9. The lowest BCUT2D eigenvalue weighted by molar-refractivity contribution is 0.0734. The van der Waals surface area contributed by atoms with Crippen LogP contribution in [0.25, 0.3) is 10.8 Å². The van der Waals surface area contributed by atoms with Crippen molar-refractivity contribution in [2.45, 2.75) is 6.42 Å². The Balaban J connectivity index is 1.39. The van der Waals surface area contributed by atoms with Crippen molar-refractivity contribution in [2.24, 2.45) is 0 Å². The van der Waals surface area contributed by atoms with E-state index in [0.29, 0.717) is 17.9 Å². The summed E-state index contributed by atoms with van der Waals surface area (Å²) in [5.74, 6) is 0.818. The van der Waals surface area contributed by atoms with Gasteiger partial charge in [-0.2, -0.15) is 0 Å². The molecule has 0 aromatic heterocycles. The zero-order valence-corrected chi connectivity index (χ0v) is 17.3. The van der Waals surface area contributed by atoms with E-state index in [1.165, 1.54) is 5.56 Å². The van der Waals surface area contributed by atoms with E-state index in [-0.39, 0.29) is 0 Å². The quantitative estimate of drug-likeness (QED) is 0.252. The zero-order chi connectivity index (χ0) is 20.1. The molecule has 144 valence electrons. The van der Waals surface area contributed by atoms with Crippen LogP contribution in [0.4, 0.5) is 0 Å². The van der Waals surface area contributed by atoms with Gasteiger partial charge in [0.2, 0.25) is 0 Å². The number of halogens is 1. The topological polar surface area (TPSA) is 35.5 Å². The van der Waals surface area contributed by atoms with Crippen LogP contribution < -0.4 is 9.47 Å². The van der Waals surface area contributed by atoms with Crippen molar-refractivity contribution in [3.63, 3.8) is 0 Å². The molecule has 0 N–H and O–H groups in total. The van der Waals surface area contributed by atoms with E-state index >= 15 is 0 Å². The molecular weight excluding hydrogens is 428 g/mol.